The molecule has 2 aliphatic heterocycles. The lowest BCUT2D eigenvalue weighted by molar-refractivity contribution is 0.487. The van der Waals surface area contributed by atoms with Gasteiger partial charge in [0.15, 0.2) is 0 Å². The molecule has 250 valence electrons. The average molecular weight is 679 g/mol. The van der Waals surface area contributed by atoms with Crippen LogP contribution in [0.15, 0.2) is 176 Å². The number of fused-ring (bicyclic) bond motifs is 6. The van der Waals surface area contributed by atoms with Crippen molar-refractivity contribution in [2.75, 3.05) is 9.80 Å². The maximum atomic E-state index is 6.98. The number of ether oxygens (including phenoxy) is 1. The number of hydrogen-bond acceptors (Lipinski definition) is 3. The van der Waals surface area contributed by atoms with Crippen LogP contribution in [0.1, 0.15) is 25.0 Å². The van der Waals surface area contributed by atoms with Crippen molar-refractivity contribution in [3.05, 3.63) is 187 Å². The predicted molar refractivity (Wildman–Crippen MR) is 222 cm³/mol. The van der Waals surface area contributed by atoms with Crippen LogP contribution < -0.4 is 30.9 Å². The molecule has 2 heterocycles. The molecular weight excluding hydrogens is 643 g/mol. The van der Waals surface area contributed by atoms with Gasteiger partial charge < -0.3 is 14.5 Å². The van der Waals surface area contributed by atoms with E-state index >= 15 is 0 Å². The summed E-state index contributed by atoms with van der Waals surface area (Å²) in [5.41, 5.74) is 15.6. The molecule has 1 aliphatic carbocycles. The molecular formula is C49H35BN2O. The van der Waals surface area contributed by atoms with E-state index in [0.717, 1.165) is 28.6 Å². The number of benzene rings is 8. The van der Waals surface area contributed by atoms with Gasteiger partial charge in [-0.05, 0) is 111 Å². The first-order valence-electron chi connectivity index (χ1n) is 18.5. The van der Waals surface area contributed by atoms with E-state index in [1.165, 1.54) is 66.5 Å². The van der Waals surface area contributed by atoms with Crippen molar-refractivity contribution >= 4 is 68.0 Å². The lowest BCUT2D eigenvalue weighted by Gasteiger charge is -2.41. The van der Waals surface area contributed by atoms with Crippen LogP contribution in [0.2, 0.25) is 0 Å². The van der Waals surface area contributed by atoms with Crippen LogP contribution in [-0.2, 0) is 5.41 Å². The minimum absolute atomic E-state index is 0.0482. The zero-order valence-electron chi connectivity index (χ0n) is 29.6. The molecule has 0 saturated carbocycles. The zero-order chi connectivity index (χ0) is 35.3. The topological polar surface area (TPSA) is 15.7 Å². The third kappa shape index (κ3) is 4.30. The first-order valence-corrected chi connectivity index (χ1v) is 18.5. The fraction of sp³-hybridized carbons (Fsp3) is 0.0612. The maximum Gasteiger partial charge on any atom is 0.256 e. The van der Waals surface area contributed by atoms with Gasteiger partial charge in [0.25, 0.3) is 6.71 Å². The Morgan fingerprint density at radius 3 is 1.94 bits per heavy atom. The molecule has 0 N–H and O–H groups in total. The molecule has 8 aromatic carbocycles. The van der Waals surface area contributed by atoms with Crippen LogP contribution in [-0.4, -0.2) is 6.71 Å². The molecule has 8 aromatic rings. The molecule has 11 rings (SSSR count). The summed E-state index contributed by atoms with van der Waals surface area (Å²) in [6.45, 7) is 4.83. The van der Waals surface area contributed by atoms with Gasteiger partial charge in [-0.1, -0.05) is 123 Å². The molecule has 0 saturated heterocycles. The van der Waals surface area contributed by atoms with E-state index in [0.29, 0.717) is 0 Å². The maximum absolute atomic E-state index is 6.98. The molecule has 0 aromatic heterocycles. The van der Waals surface area contributed by atoms with E-state index in [2.05, 4.69) is 200 Å². The van der Waals surface area contributed by atoms with Crippen molar-refractivity contribution in [1.82, 2.24) is 0 Å². The predicted octanol–water partition coefficient (Wildman–Crippen LogP) is 11.0. The number of para-hydroxylation sites is 4. The second-order valence-electron chi connectivity index (χ2n) is 14.9. The van der Waals surface area contributed by atoms with E-state index in [1.54, 1.807) is 0 Å². The van der Waals surface area contributed by atoms with Crippen molar-refractivity contribution in [3.63, 3.8) is 0 Å². The molecule has 0 amide bonds. The van der Waals surface area contributed by atoms with Crippen LogP contribution in [0.5, 0.6) is 11.5 Å². The van der Waals surface area contributed by atoms with E-state index in [1.807, 2.05) is 0 Å². The van der Waals surface area contributed by atoms with Gasteiger partial charge in [-0.3, -0.25) is 0 Å². The van der Waals surface area contributed by atoms with Crippen LogP contribution in [0.25, 0.3) is 21.9 Å². The third-order valence-electron chi connectivity index (χ3n) is 11.7. The fourth-order valence-electron chi connectivity index (χ4n) is 9.33. The van der Waals surface area contributed by atoms with Crippen LogP contribution in [0.4, 0.5) is 34.1 Å². The quantitative estimate of drug-likeness (QED) is 0.172. The van der Waals surface area contributed by atoms with Crippen molar-refractivity contribution in [1.29, 1.82) is 0 Å². The van der Waals surface area contributed by atoms with Gasteiger partial charge in [-0.25, -0.2) is 0 Å². The fourth-order valence-corrected chi connectivity index (χ4v) is 9.33. The molecule has 0 fully saturated rings. The summed E-state index contributed by atoms with van der Waals surface area (Å²) in [5.74, 6) is 1.86. The highest BCUT2D eigenvalue weighted by molar-refractivity contribution is 6.99. The summed E-state index contributed by atoms with van der Waals surface area (Å²) in [6.07, 6.45) is 0. The Morgan fingerprint density at radius 2 is 1.19 bits per heavy atom. The lowest BCUT2D eigenvalue weighted by Crippen LogP contribution is -2.59. The van der Waals surface area contributed by atoms with E-state index in [-0.39, 0.29) is 12.1 Å². The van der Waals surface area contributed by atoms with Gasteiger partial charge in [0.05, 0.1) is 5.69 Å². The van der Waals surface area contributed by atoms with Gasteiger partial charge in [0.1, 0.15) is 11.5 Å². The number of anilines is 6. The highest BCUT2D eigenvalue weighted by Crippen LogP contribution is 2.53. The normalized spacial score (nSPS) is 14.1. The number of rotatable bonds is 4. The average Bonchev–Trinajstić information content (AvgIpc) is 3.21. The number of hydrogen-bond donors (Lipinski definition) is 0. The zero-order valence-corrected chi connectivity index (χ0v) is 29.6. The van der Waals surface area contributed by atoms with Gasteiger partial charge >= 0.3 is 0 Å². The minimum atomic E-state index is -0.260. The van der Waals surface area contributed by atoms with Gasteiger partial charge in [-0.15, -0.1) is 0 Å². The van der Waals surface area contributed by atoms with E-state index in [9.17, 15) is 0 Å². The molecule has 0 bridgehead atoms. The Balaban J connectivity index is 1.13. The van der Waals surface area contributed by atoms with Crippen molar-refractivity contribution < 1.29 is 4.74 Å². The van der Waals surface area contributed by atoms with E-state index < -0.39 is 0 Å². The highest BCUT2D eigenvalue weighted by atomic mass is 16.5. The second kappa shape index (κ2) is 11.2. The third-order valence-corrected chi connectivity index (χ3v) is 11.7. The van der Waals surface area contributed by atoms with E-state index in [4.69, 9.17) is 4.74 Å². The SMILES string of the molecule is CC1(C)c2cc3c(cc2-c2ccc(N(c4ccccc4)c4ccccc4)c4cccc1c24)Oc1cccc2c1B3c1ccccc1N2c1ccccc1. The Hall–Kier alpha value is -6.52. The monoisotopic (exact) mass is 678 g/mol. The summed E-state index contributed by atoms with van der Waals surface area (Å²) >= 11 is 0. The first kappa shape index (κ1) is 30.1. The van der Waals surface area contributed by atoms with Crippen molar-refractivity contribution in [2.24, 2.45) is 0 Å². The Morgan fingerprint density at radius 1 is 0.528 bits per heavy atom. The standard InChI is InChI=1S/C49H35BN2O/c1-49(2)38-23-14-22-36-42(51(32-16-6-3-7-17-32)33-18-8-4-9-19-33)29-28-35(47(36)38)37-30-46-41(31-39(37)49)50-40-24-12-13-25-43(40)52(34-20-10-5-11-21-34)44-26-15-27-45(53-46)48(44)50/h3-31H,1-2H3. The van der Waals surface area contributed by atoms with Gasteiger partial charge in [-0.2, -0.15) is 0 Å². The molecule has 3 nitrogen and oxygen atoms in total. The summed E-state index contributed by atoms with van der Waals surface area (Å²) in [4.78, 5) is 4.78. The summed E-state index contributed by atoms with van der Waals surface area (Å²) in [7, 11) is 0. The van der Waals surface area contributed by atoms with Gasteiger partial charge in [0.2, 0.25) is 0 Å². The largest absolute Gasteiger partial charge is 0.458 e. The lowest BCUT2D eigenvalue weighted by atomic mass is 9.34. The molecule has 0 radical (unpaired) electrons. The first-order chi connectivity index (χ1) is 26.1. The smallest absolute Gasteiger partial charge is 0.256 e. The molecule has 0 atom stereocenters. The minimum Gasteiger partial charge on any atom is -0.458 e. The Kier molecular flexibility index (Phi) is 6.39. The summed E-state index contributed by atoms with van der Waals surface area (Å²) < 4.78 is 6.98. The second-order valence-corrected chi connectivity index (χ2v) is 14.9. The van der Waals surface area contributed by atoms with Crippen LogP contribution >= 0.6 is 0 Å². The van der Waals surface area contributed by atoms with Crippen LogP contribution in [0, 0.1) is 0 Å². The molecule has 4 heteroatoms. The van der Waals surface area contributed by atoms with Gasteiger partial charge in [0, 0.05) is 39.2 Å². The van der Waals surface area contributed by atoms with Crippen molar-refractivity contribution in [3.8, 4) is 22.6 Å². The Labute approximate surface area is 310 Å². The number of nitrogens with zero attached hydrogens (tertiary/aromatic N) is 2. The molecule has 0 spiro atoms. The molecule has 53 heavy (non-hydrogen) atoms. The Bertz CT molecular complexity index is 2700. The summed E-state index contributed by atoms with van der Waals surface area (Å²) in [5, 5.41) is 2.54. The summed E-state index contributed by atoms with van der Waals surface area (Å²) in [6, 6.07) is 63.8. The van der Waals surface area contributed by atoms with Crippen molar-refractivity contribution in [2.45, 2.75) is 19.3 Å². The molecule has 0 unspecified atom stereocenters. The highest BCUT2D eigenvalue weighted by Gasteiger charge is 2.44. The molecule has 3 aliphatic rings. The van der Waals surface area contributed by atoms with Crippen LogP contribution in [0.3, 0.4) is 0 Å².